The van der Waals surface area contributed by atoms with E-state index in [1.165, 1.54) is 0 Å². The maximum Gasteiger partial charge on any atom is 0.407 e. The van der Waals surface area contributed by atoms with Crippen molar-refractivity contribution in [3.05, 3.63) is 29.6 Å². The Hall–Kier alpha value is -2.59. The number of nitrogens with zero attached hydrogens (tertiary/aromatic N) is 3. The molecule has 1 aromatic carbocycles. The van der Waals surface area contributed by atoms with Gasteiger partial charge in [0.2, 0.25) is 5.82 Å². The Balaban J connectivity index is 2.13. The van der Waals surface area contributed by atoms with Crippen LogP contribution in [0.1, 0.15) is 32.2 Å². The molecule has 2 N–H and O–H groups in total. The van der Waals surface area contributed by atoms with E-state index in [9.17, 15) is 9.90 Å². The Bertz CT molecular complexity index is 783. The van der Waals surface area contributed by atoms with Gasteiger partial charge in [-0.1, -0.05) is 6.07 Å². The molecule has 0 aliphatic heterocycles. The van der Waals surface area contributed by atoms with Gasteiger partial charge in [-0.25, -0.2) is 9.78 Å². The molecular formula is C17H22N4O3. The summed E-state index contributed by atoms with van der Waals surface area (Å²) < 4.78 is 6.92. The molecule has 7 nitrogen and oxygen atoms in total. The number of alkyl carbamates (subject to hydrolysis) is 1. The van der Waals surface area contributed by atoms with Crippen molar-refractivity contribution in [3.63, 3.8) is 0 Å². The number of carbonyl (C=O) groups is 1. The van der Waals surface area contributed by atoms with Gasteiger partial charge in [0, 0.05) is 7.05 Å². The Labute approximate surface area is 140 Å². The number of nitrogens with one attached hydrogen (secondary N) is 1. The fourth-order valence-electron chi connectivity index (χ4n) is 2.38. The first-order valence-electron chi connectivity index (χ1n) is 7.69. The molecule has 24 heavy (non-hydrogen) atoms. The molecule has 2 rings (SSSR count). The minimum absolute atomic E-state index is 0.202. The van der Waals surface area contributed by atoms with E-state index in [2.05, 4.69) is 10.3 Å². The second-order valence-corrected chi connectivity index (χ2v) is 6.66. The molecule has 0 spiro atoms. The molecule has 1 atom stereocenters. The topological polar surface area (TPSA) is 100 Å². The van der Waals surface area contributed by atoms with Crippen molar-refractivity contribution in [2.24, 2.45) is 7.05 Å². The van der Waals surface area contributed by atoms with Gasteiger partial charge < -0.3 is 19.7 Å². The zero-order chi connectivity index (χ0) is 17.9. The molecule has 0 bridgehead atoms. The highest BCUT2D eigenvalue weighted by Gasteiger charge is 2.19. The molecule has 7 heteroatoms. The monoisotopic (exact) mass is 330 g/mol. The summed E-state index contributed by atoms with van der Waals surface area (Å²) in [5.74, 6) is 0.340. The average molecular weight is 330 g/mol. The Morgan fingerprint density at radius 1 is 1.50 bits per heavy atom. The van der Waals surface area contributed by atoms with E-state index in [-0.39, 0.29) is 6.61 Å². The molecule has 2 aromatic rings. The SMILES string of the molecule is Cn1c(C#N)nc2ccc(C[C@@H](CO)NC(=O)OC(C)(C)C)cc21. The van der Waals surface area contributed by atoms with Crippen molar-refractivity contribution in [1.82, 2.24) is 14.9 Å². The Kier molecular flexibility index (Phi) is 5.10. The van der Waals surface area contributed by atoms with Crippen LogP contribution in [-0.2, 0) is 18.2 Å². The third-order valence-electron chi connectivity index (χ3n) is 3.47. The number of hydrogen-bond donors (Lipinski definition) is 2. The lowest BCUT2D eigenvalue weighted by molar-refractivity contribution is 0.0483. The normalized spacial score (nSPS) is 12.7. The van der Waals surface area contributed by atoms with Crippen LogP contribution in [0.5, 0.6) is 0 Å². The van der Waals surface area contributed by atoms with Crippen LogP contribution < -0.4 is 5.32 Å². The van der Waals surface area contributed by atoms with Gasteiger partial charge in [0.25, 0.3) is 0 Å². The van der Waals surface area contributed by atoms with Crippen LogP contribution in [0, 0.1) is 11.3 Å². The summed E-state index contributed by atoms with van der Waals surface area (Å²) in [4.78, 5) is 16.1. The minimum Gasteiger partial charge on any atom is -0.444 e. The van der Waals surface area contributed by atoms with Crippen LogP contribution in [0.4, 0.5) is 4.79 Å². The second kappa shape index (κ2) is 6.89. The fraction of sp³-hybridized carbons (Fsp3) is 0.471. The number of ether oxygens (including phenoxy) is 1. The van der Waals surface area contributed by atoms with E-state index >= 15 is 0 Å². The fourth-order valence-corrected chi connectivity index (χ4v) is 2.38. The summed E-state index contributed by atoms with van der Waals surface area (Å²) in [5, 5.41) is 21.2. The number of fused-ring (bicyclic) bond motifs is 1. The van der Waals surface area contributed by atoms with Gasteiger partial charge in [-0.15, -0.1) is 0 Å². The number of aliphatic hydroxyl groups excluding tert-OH is 1. The van der Waals surface area contributed by atoms with Crippen molar-refractivity contribution < 1.29 is 14.6 Å². The lowest BCUT2D eigenvalue weighted by atomic mass is 10.1. The number of aryl methyl sites for hydroxylation is 1. The van der Waals surface area contributed by atoms with Crippen LogP contribution in [0.15, 0.2) is 18.2 Å². The lowest BCUT2D eigenvalue weighted by Crippen LogP contribution is -2.42. The van der Waals surface area contributed by atoms with E-state index in [1.807, 2.05) is 24.3 Å². The summed E-state index contributed by atoms with van der Waals surface area (Å²) in [5.41, 5.74) is 1.90. The van der Waals surface area contributed by atoms with Crippen molar-refractivity contribution in [2.45, 2.75) is 38.8 Å². The first-order chi connectivity index (χ1) is 11.2. The van der Waals surface area contributed by atoms with Crippen LogP contribution in [0.2, 0.25) is 0 Å². The van der Waals surface area contributed by atoms with E-state index in [0.717, 1.165) is 16.6 Å². The number of carbonyl (C=O) groups excluding carboxylic acids is 1. The predicted octanol–water partition coefficient (Wildman–Crippen LogP) is 1.87. The number of hydrogen-bond acceptors (Lipinski definition) is 5. The third-order valence-corrected chi connectivity index (χ3v) is 3.47. The Morgan fingerprint density at radius 2 is 2.21 bits per heavy atom. The number of benzene rings is 1. The predicted molar refractivity (Wildman–Crippen MR) is 89.4 cm³/mol. The van der Waals surface area contributed by atoms with E-state index < -0.39 is 17.7 Å². The van der Waals surface area contributed by atoms with Gasteiger partial charge >= 0.3 is 6.09 Å². The largest absolute Gasteiger partial charge is 0.444 e. The molecule has 0 aliphatic rings. The molecular weight excluding hydrogens is 308 g/mol. The zero-order valence-electron chi connectivity index (χ0n) is 14.3. The molecule has 1 heterocycles. The maximum atomic E-state index is 11.8. The summed E-state index contributed by atoms with van der Waals surface area (Å²) in [6.07, 6.45) is -0.117. The van der Waals surface area contributed by atoms with Crippen molar-refractivity contribution in [1.29, 1.82) is 5.26 Å². The van der Waals surface area contributed by atoms with Gasteiger partial charge in [0.15, 0.2) is 0 Å². The molecule has 0 aliphatic carbocycles. The average Bonchev–Trinajstić information content (AvgIpc) is 2.81. The Morgan fingerprint density at radius 3 is 2.79 bits per heavy atom. The van der Waals surface area contributed by atoms with E-state index in [0.29, 0.717) is 12.2 Å². The molecule has 128 valence electrons. The van der Waals surface area contributed by atoms with Crippen LogP contribution >= 0.6 is 0 Å². The maximum absolute atomic E-state index is 11.8. The van der Waals surface area contributed by atoms with Crippen molar-refractivity contribution in [2.75, 3.05) is 6.61 Å². The van der Waals surface area contributed by atoms with Gasteiger partial charge in [-0.2, -0.15) is 5.26 Å². The van der Waals surface area contributed by atoms with Gasteiger partial charge in [-0.05, 0) is 44.9 Å². The highest BCUT2D eigenvalue weighted by molar-refractivity contribution is 5.77. The first-order valence-corrected chi connectivity index (χ1v) is 7.69. The lowest BCUT2D eigenvalue weighted by Gasteiger charge is -2.22. The van der Waals surface area contributed by atoms with Crippen LogP contribution in [-0.4, -0.2) is 39.0 Å². The molecule has 0 saturated carbocycles. The number of nitriles is 1. The summed E-state index contributed by atoms with van der Waals surface area (Å²) in [7, 11) is 1.78. The number of aromatic nitrogens is 2. The second-order valence-electron chi connectivity index (χ2n) is 6.66. The van der Waals surface area contributed by atoms with Crippen molar-refractivity contribution in [3.8, 4) is 6.07 Å². The zero-order valence-corrected chi connectivity index (χ0v) is 14.3. The van der Waals surface area contributed by atoms with Gasteiger partial charge in [0.1, 0.15) is 11.7 Å². The molecule has 0 radical (unpaired) electrons. The number of imidazole rings is 1. The molecule has 1 aromatic heterocycles. The van der Waals surface area contributed by atoms with Crippen LogP contribution in [0.25, 0.3) is 11.0 Å². The smallest absolute Gasteiger partial charge is 0.407 e. The van der Waals surface area contributed by atoms with Gasteiger partial charge in [0.05, 0.1) is 23.7 Å². The number of amides is 1. The molecule has 0 saturated heterocycles. The van der Waals surface area contributed by atoms with Gasteiger partial charge in [-0.3, -0.25) is 0 Å². The minimum atomic E-state index is -0.592. The highest BCUT2D eigenvalue weighted by atomic mass is 16.6. The molecule has 0 unspecified atom stereocenters. The third kappa shape index (κ3) is 4.24. The first kappa shape index (κ1) is 17.8. The molecule has 0 fully saturated rings. The summed E-state index contributed by atoms with van der Waals surface area (Å²) in [6.45, 7) is 5.14. The quantitative estimate of drug-likeness (QED) is 0.891. The van der Waals surface area contributed by atoms with Crippen molar-refractivity contribution >= 4 is 17.1 Å². The standard InChI is InChI=1S/C17H22N4O3/c1-17(2,3)24-16(23)19-12(10-22)7-11-5-6-13-14(8-11)21(4)15(9-18)20-13/h5-6,8,12,22H,7,10H2,1-4H3,(H,19,23)/t12-/m0/s1. The highest BCUT2D eigenvalue weighted by Crippen LogP contribution is 2.17. The van der Waals surface area contributed by atoms with E-state index in [1.54, 1.807) is 32.4 Å². The summed E-state index contributed by atoms with van der Waals surface area (Å²) >= 11 is 0. The number of rotatable bonds is 4. The summed E-state index contributed by atoms with van der Waals surface area (Å²) in [6, 6.07) is 7.19. The van der Waals surface area contributed by atoms with Crippen LogP contribution in [0.3, 0.4) is 0 Å². The van der Waals surface area contributed by atoms with E-state index in [4.69, 9.17) is 10.00 Å². The number of aliphatic hydroxyl groups is 1. The molecule has 1 amide bonds.